The van der Waals surface area contributed by atoms with Crippen LogP contribution in [-0.2, 0) is 4.74 Å². The largest absolute Gasteiger partial charge is 0.444 e. The van der Waals surface area contributed by atoms with Crippen molar-refractivity contribution in [2.24, 2.45) is 5.92 Å². The van der Waals surface area contributed by atoms with Crippen molar-refractivity contribution in [3.8, 4) is 6.07 Å². The highest BCUT2D eigenvalue weighted by atomic mass is 16.6. The molecule has 0 aromatic heterocycles. The Morgan fingerprint density at radius 2 is 2.00 bits per heavy atom. The fourth-order valence-corrected chi connectivity index (χ4v) is 1.75. The zero-order chi connectivity index (χ0) is 15.8. The number of hydrogen-bond acceptors (Lipinski definition) is 4. The van der Waals surface area contributed by atoms with Gasteiger partial charge in [0.05, 0.1) is 12.1 Å². The molecule has 2 N–H and O–H groups in total. The Kier molecular flexibility index (Phi) is 8.24. The zero-order valence-electron chi connectivity index (χ0n) is 13.3. The Hall–Kier alpha value is -1.28. The van der Waals surface area contributed by atoms with E-state index in [-0.39, 0.29) is 0 Å². The summed E-state index contributed by atoms with van der Waals surface area (Å²) in [5, 5.41) is 21.1. The van der Waals surface area contributed by atoms with E-state index < -0.39 is 23.8 Å². The molecule has 0 saturated carbocycles. The van der Waals surface area contributed by atoms with Gasteiger partial charge in [-0.3, -0.25) is 0 Å². The van der Waals surface area contributed by atoms with E-state index in [1.165, 1.54) is 0 Å². The highest BCUT2D eigenvalue weighted by Crippen LogP contribution is 2.14. The SMILES string of the molecule is CCC(C)CCCC(NC(=O)OC(C)(C)C)C(O)C#N. The Morgan fingerprint density at radius 3 is 2.45 bits per heavy atom. The molecule has 0 heterocycles. The molecule has 0 aliphatic heterocycles. The number of alkyl carbamates (subject to hydrolysis) is 1. The number of hydrogen-bond donors (Lipinski definition) is 2. The van der Waals surface area contributed by atoms with Gasteiger partial charge >= 0.3 is 6.09 Å². The van der Waals surface area contributed by atoms with Gasteiger partial charge in [-0.2, -0.15) is 5.26 Å². The highest BCUT2D eigenvalue weighted by molar-refractivity contribution is 5.68. The van der Waals surface area contributed by atoms with Crippen molar-refractivity contribution in [2.75, 3.05) is 0 Å². The van der Waals surface area contributed by atoms with Gasteiger partial charge < -0.3 is 15.2 Å². The van der Waals surface area contributed by atoms with Crippen LogP contribution in [0, 0.1) is 17.2 Å². The number of aliphatic hydroxyl groups excluding tert-OH is 1. The predicted octanol–water partition coefficient (Wildman–Crippen LogP) is 2.98. The van der Waals surface area contributed by atoms with Gasteiger partial charge in [-0.25, -0.2) is 4.79 Å². The van der Waals surface area contributed by atoms with Gasteiger partial charge in [0, 0.05) is 0 Å². The summed E-state index contributed by atoms with van der Waals surface area (Å²) < 4.78 is 5.14. The molecule has 0 saturated heterocycles. The lowest BCUT2D eigenvalue weighted by Gasteiger charge is -2.24. The van der Waals surface area contributed by atoms with E-state index in [2.05, 4.69) is 19.2 Å². The molecule has 20 heavy (non-hydrogen) atoms. The lowest BCUT2D eigenvalue weighted by atomic mass is 9.98. The number of ether oxygens (including phenoxy) is 1. The molecule has 5 nitrogen and oxygen atoms in total. The second kappa shape index (κ2) is 8.80. The summed E-state index contributed by atoms with van der Waals surface area (Å²) in [6.07, 6.45) is 1.73. The van der Waals surface area contributed by atoms with Crippen LogP contribution in [0.4, 0.5) is 4.79 Å². The average Bonchev–Trinajstić information content (AvgIpc) is 2.34. The Bertz CT molecular complexity index is 331. The van der Waals surface area contributed by atoms with E-state index in [1.807, 2.05) is 0 Å². The first-order chi connectivity index (χ1) is 9.19. The molecule has 3 unspecified atom stereocenters. The first-order valence-electron chi connectivity index (χ1n) is 7.26. The highest BCUT2D eigenvalue weighted by Gasteiger charge is 2.24. The number of carbonyl (C=O) groups excluding carboxylic acids is 1. The van der Waals surface area contributed by atoms with Crippen LogP contribution in [0.2, 0.25) is 0 Å². The summed E-state index contributed by atoms with van der Waals surface area (Å²) >= 11 is 0. The van der Waals surface area contributed by atoms with Gasteiger partial charge in [0.2, 0.25) is 0 Å². The zero-order valence-corrected chi connectivity index (χ0v) is 13.3. The average molecular weight is 284 g/mol. The molecular weight excluding hydrogens is 256 g/mol. The number of nitrogens with one attached hydrogen (secondary N) is 1. The summed E-state index contributed by atoms with van der Waals surface area (Å²) in [7, 11) is 0. The van der Waals surface area contributed by atoms with Gasteiger partial charge in [0.15, 0.2) is 6.10 Å². The molecule has 0 rings (SSSR count). The third-order valence-electron chi connectivity index (χ3n) is 3.12. The van der Waals surface area contributed by atoms with Gasteiger partial charge in [-0.05, 0) is 33.1 Å². The van der Waals surface area contributed by atoms with Crippen molar-refractivity contribution in [3.05, 3.63) is 0 Å². The first kappa shape index (κ1) is 18.7. The van der Waals surface area contributed by atoms with E-state index in [9.17, 15) is 9.90 Å². The van der Waals surface area contributed by atoms with Crippen LogP contribution in [0.3, 0.4) is 0 Å². The fraction of sp³-hybridized carbons (Fsp3) is 0.867. The van der Waals surface area contributed by atoms with Crippen LogP contribution < -0.4 is 5.32 Å². The minimum Gasteiger partial charge on any atom is -0.444 e. The van der Waals surface area contributed by atoms with E-state index in [0.29, 0.717) is 12.3 Å². The number of nitrogens with zero attached hydrogens (tertiary/aromatic N) is 1. The molecule has 116 valence electrons. The summed E-state index contributed by atoms with van der Waals surface area (Å²) in [4.78, 5) is 11.7. The lowest BCUT2D eigenvalue weighted by Crippen LogP contribution is -2.45. The van der Waals surface area contributed by atoms with Gasteiger partial charge in [0.25, 0.3) is 0 Å². The molecule has 0 bridgehead atoms. The number of nitriles is 1. The fourth-order valence-electron chi connectivity index (χ4n) is 1.75. The Balaban J connectivity index is 4.36. The van der Waals surface area contributed by atoms with Crippen molar-refractivity contribution < 1.29 is 14.6 Å². The standard InChI is InChI=1S/C15H28N2O3/c1-6-11(2)8-7-9-12(13(18)10-16)17-14(19)20-15(3,4)5/h11-13,18H,6-9H2,1-5H3,(H,17,19). The second-order valence-electron chi connectivity index (χ2n) is 6.27. The molecule has 0 aliphatic rings. The molecule has 0 aromatic carbocycles. The number of rotatable bonds is 7. The van der Waals surface area contributed by atoms with Crippen LogP contribution in [0.15, 0.2) is 0 Å². The molecular formula is C15H28N2O3. The first-order valence-corrected chi connectivity index (χ1v) is 7.26. The van der Waals surface area contributed by atoms with Gasteiger partial charge in [-0.15, -0.1) is 0 Å². The normalized spacial score (nSPS) is 15.8. The maximum Gasteiger partial charge on any atom is 0.407 e. The molecule has 0 fully saturated rings. The predicted molar refractivity (Wildman–Crippen MR) is 78.1 cm³/mol. The van der Waals surface area contributed by atoms with Crippen LogP contribution in [0.1, 0.15) is 60.3 Å². The van der Waals surface area contributed by atoms with Crippen molar-refractivity contribution >= 4 is 6.09 Å². The molecule has 0 radical (unpaired) electrons. The molecule has 3 atom stereocenters. The van der Waals surface area contributed by atoms with Crippen LogP contribution >= 0.6 is 0 Å². The van der Waals surface area contributed by atoms with Crippen LogP contribution in [0.5, 0.6) is 0 Å². The second-order valence-corrected chi connectivity index (χ2v) is 6.27. The summed E-state index contributed by atoms with van der Waals surface area (Å²) in [6, 6.07) is 1.19. The quantitative estimate of drug-likeness (QED) is 0.704. The summed E-state index contributed by atoms with van der Waals surface area (Å²) in [5.74, 6) is 0.608. The third kappa shape index (κ3) is 8.76. The van der Waals surface area contributed by atoms with E-state index in [0.717, 1.165) is 19.3 Å². The molecule has 5 heteroatoms. The van der Waals surface area contributed by atoms with E-state index in [1.54, 1.807) is 26.8 Å². The third-order valence-corrected chi connectivity index (χ3v) is 3.12. The molecule has 0 spiro atoms. The summed E-state index contributed by atoms with van der Waals surface area (Å²) in [6.45, 7) is 9.60. The number of aliphatic hydroxyl groups is 1. The van der Waals surface area contributed by atoms with Crippen molar-refractivity contribution in [3.63, 3.8) is 0 Å². The van der Waals surface area contributed by atoms with Crippen LogP contribution in [-0.4, -0.2) is 28.9 Å². The van der Waals surface area contributed by atoms with Crippen molar-refractivity contribution in [1.29, 1.82) is 5.26 Å². The minimum absolute atomic E-state index is 0.568. The van der Waals surface area contributed by atoms with Crippen LogP contribution in [0.25, 0.3) is 0 Å². The minimum atomic E-state index is -1.21. The van der Waals surface area contributed by atoms with Crippen molar-refractivity contribution in [2.45, 2.75) is 78.0 Å². The maximum atomic E-state index is 11.7. The molecule has 1 amide bonds. The Morgan fingerprint density at radius 1 is 1.40 bits per heavy atom. The van der Waals surface area contributed by atoms with Crippen molar-refractivity contribution in [1.82, 2.24) is 5.32 Å². The smallest absolute Gasteiger partial charge is 0.407 e. The van der Waals surface area contributed by atoms with E-state index >= 15 is 0 Å². The maximum absolute atomic E-state index is 11.7. The lowest BCUT2D eigenvalue weighted by molar-refractivity contribution is 0.0451. The molecule has 0 aromatic rings. The number of carbonyl (C=O) groups is 1. The van der Waals surface area contributed by atoms with E-state index in [4.69, 9.17) is 10.00 Å². The number of amides is 1. The van der Waals surface area contributed by atoms with Gasteiger partial charge in [-0.1, -0.05) is 33.1 Å². The topological polar surface area (TPSA) is 82.3 Å². The molecule has 0 aliphatic carbocycles. The summed E-state index contributed by atoms with van der Waals surface area (Å²) in [5.41, 5.74) is -0.594. The Labute approximate surface area is 122 Å². The van der Waals surface area contributed by atoms with Gasteiger partial charge in [0.1, 0.15) is 5.60 Å². The monoisotopic (exact) mass is 284 g/mol.